The van der Waals surface area contributed by atoms with E-state index in [9.17, 15) is 13.6 Å². The highest BCUT2D eigenvalue weighted by Crippen LogP contribution is 2.20. The van der Waals surface area contributed by atoms with Gasteiger partial charge in [0.25, 0.3) is 0 Å². The Hall–Kier alpha value is -1.79. The Morgan fingerprint density at radius 1 is 1.26 bits per heavy atom. The van der Waals surface area contributed by atoms with E-state index < -0.39 is 11.6 Å². The van der Waals surface area contributed by atoms with Gasteiger partial charge in [-0.05, 0) is 60.6 Å². The second-order valence-corrected chi connectivity index (χ2v) is 6.37. The Morgan fingerprint density at radius 3 is 2.65 bits per heavy atom. The molecule has 23 heavy (non-hydrogen) atoms. The number of halogens is 2. The molecule has 0 fully saturated rings. The summed E-state index contributed by atoms with van der Waals surface area (Å²) in [5, 5.41) is 6.98. The topological polar surface area (TPSA) is 32.3 Å². The number of benzene rings is 1. The molecule has 0 saturated carbocycles. The molecule has 1 heterocycles. The fraction of sp³-hybridized carbons (Fsp3) is 0.353. The molecule has 0 unspecified atom stereocenters. The van der Waals surface area contributed by atoms with E-state index in [1.54, 1.807) is 11.3 Å². The molecule has 1 amide bonds. The van der Waals surface area contributed by atoms with Crippen molar-refractivity contribution in [3.05, 3.63) is 57.8 Å². The number of hydrogen-bond acceptors (Lipinski definition) is 3. The summed E-state index contributed by atoms with van der Waals surface area (Å²) < 4.78 is 26.0. The lowest BCUT2D eigenvalue weighted by Crippen LogP contribution is -2.34. The lowest BCUT2D eigenvalue weighted by atomic mass is 10.1. The highest BCUT2D eigenvalue weighted by molar-refractivity contribution is 7.07. The summed E-state index contributed by atoms with van der Waals surface area (Å²) in [6, 6.07) is 5.88. The first kappa shape index (κ1) is 17.6. The summed E-state index contributed by atoms with van der Waals surface area (Å²) in [6.07, 6.45) is 0.628. The predicted molar refractivity (Wildman–Crippen MR) is 88.4 cm³/mol. The summed E-state index contributed by atoms with van der Waals surface area (Å²) in [6.45, 7) is 0.514. The minimum atomic E-state index is -0.881. The van der Waals surface area contributed by atoms with Gasteiger partial charge in [-0.1, -0.05) is 6.07 Å². The number of aryl methyl sites for hydroxylation is 1. The van der Waals surface area contributed by atoms with Crippen LogP contribution in [0.3, 0.4) is 0 Å². The van der Waals surface area contributed by atoms with Crippen LogP contribution >= 0.6 is 11.3 Å². The van der Waals surface area contributed by atoms with E-state index >= 15 is 0 Å². The van der Waals surface area contributed by atoms with E-state index in [0.717, 1.165) is 12.1 Å². The van der Waals surface area contributed by atoms with Crippen molar-refractivity contribution in [2.45, 2.75) is 18.9 Å². The van der Waals surface area contributed by atoms with Crippen molar-refractivity contribution in [2.75, 3.05) is 20.6 Å². The third kappa shape index (κ3) is 5.11. The molecule has 1 aromatic heterocycles. The molecule has 0 spiro atoms. The van der Waals surface area contributed by atoms with Crippen LogP contribution in [0.2, 0.25) is 0 Å². The Kier molecular flexibility index (Phi) is 6.24. The summed E-state index contributed by atoms with van der Waals surface area (Å²) in [4.78, 5) is 14.0. The average Bonchev–Trinajstić information content (AvgIpc) is 3.02. The average molecular weight is 338 g/mol. The minimum absolute atomic E-state index is 0.100. The molecule has 2 rings (SSSR count). The van der Waals surface area contributed by atoms with Gasteiger partial charge < -0.3 is 10.2 Å². The molecular formula is C17H20F2N2OS. The SMILES string of the molecule is CN(C)[C@H](CNC(=O)CCc1ccc(F)c(F)c1)c1ccsc1. The van der Waals surface area contributed by atoms with Gasteiger partial charge in [0.2, 0.25) is 5.91 Å². The first-order valence-corrected chi connectivity index (χ1v) is 8.31. The van der Waals surface area contributed by atoms with Gasteiger partial charge in [-0.2, -0.15) is 11.3 Å². The van der Waals surface area contributed by atoms with Crippen LogP contribution in [0.1, 0.15) is 23.6 Å². The van der Waals surface area contributed by atoms with E-state index in [1.165, 1.54) is 11.6 Å². The molecule has 0 aliphatic heterocycles. The van der Waals surface area contributed by atoms with Gasteiger partial charge in [-0.3, -0.25) is 4.79 Å². The van der Waals surface area contributed by atoms with Crippen LogP contribution in [0.15, 0.2) is 35.0 Å². The zero-order valence-electron chi connectivity index (χ0n) is 13.2. The number of hydrogen-bond donors (Lipinski definition) is 1. The molecule has 2 aromatic rings. The molecule has 0 bridgehead atoms. The highest BCUT2D eigenvalue weighted by atomic mass is 32.1. The maximum Gasteiger partial charge on any atom is 0.220 e. The van der Waals surface area contributed by atoms with Crippen LogP contribution in [0, 0.1) is 11.6 Å². The quantitative estimate of drug-likeness (QED) is 0.839. The number of thiophene rings is 1. The maximum absolute atomic E-state index is 13.1. The van der Waals surface area contributed by atoms with Crippen molar-refractivity contribution < 1.29 is 13.6 Å². The van der Waals surface area contributed by atoms with Gasteiger partial charge in [0.05, 0.1) is 6.04 Å². The maximum atomic E-state index is 13.1. The van der Waals surface area contributed by atoms with Crippen molar-refractivity contribution in [2.24, 2.45) is 0 Å². The monoisotopic (exact) mass is 338 g/mol. The van der Waals surface area contributed by atoms with E-state index in [4.69, 9.17) is 0 Å². The molecule has 124 valence electrons. The molecule has 3 nitrogen and oxygen atoms in total. The molecule has 1 aromatic carbocycles. The molecule has 1 atom stereocenters. The van der Waals surface area contributed by atoms with Crippen LogP contribution < -0.4 is 5.32 Å². The normalized spacial score (nSPS) is 12.4. The summed E-state index contributed by atoms with van der Waals surface area (Å²) in [5.74, 6) is -1.85. The smallest absolute Gasteiger partial charge is 0.220 e. The Labute approximate surface area is 138 Å². The molecule has 0 aliphatic rings. The molecule has 0 radical (unpaired) electrons. The second kappa shape index (κ2) is 8.17. The number of carbonyl (C=O) groups is 1. The summed E-state index contributed by atoms with van der Waals surface area (Å²) in [5.41, 5.74) is 1.78. The van der Waals surface area contributed by atoms with Gasteiger partial charge in [-0.25, -0.2) is 8.78 Å². The number of likely N-dealkylation sites (N-methyl/N-ethyl adjacent to an activating group) is 1. The molecule has 6 heteroatoms. The van der Waals surface area contributed by atoms with Crippen molar-refractivity contribution in [1.82, 2.24) is 10.2 Å². The highest BCUT2D eigenvalue weighted by Gasteiger charge is 2.15. The van der Waals surface area contributed by atoms with Crippen molar-refractivity contribution >= 4 is 17.2 Å². The predicted octanol–water partition coefficient (Wildman–Crippen LogP) is 3.38. The number of nitrogens with zero attached hydrogens (tertiary/aromatic N) is 1. The third-order valence-corrected chi connectivity index (χ3v) is 4.37. The zero-order valence-corrected chi connectivity index (χ0v) is 14.0. The molecule has 0 saturated heterocycles. The minimum Gasteiger partial charge on any atom is -0.354 e. The number of amides is 1. The number of nitrogens with one attached hydrogen (secondary N) is 1. The van der Waals surface area contributed by atoms with Crippen LogP contribution in [-0.2, 0) is 11.2 Å². The summed E-state index contributed by atoms with van der Waals surface area (Å²) in [7, 11) is 3.94. The Morgan fingerprint density at radius 2 is 2.04 bits per heavy atom. The zero-order chi connectivity index (χ0) is 16.8. The fourth-order valence-corrected chi connectivity index (χ4v) is 3.02. The third-order valence-electron chi connectivity index (χ3n) is 3.67. The first-order valence-electron chi connectivity index (χ1n) is 7.36. The van der Waals surface area contributed by atoms with Gasteiger partial charge in [0.1, 0.15) is 0 Å². The fourth-order valence-electron chi connectivity index (χ4n) is 2.32. The lowest BCUT2D eigenvalue weighted by Gasteiger charge is -2.24. The first-order chi connectivity index (χ1) is 11.0. The van der Waals surface area contributed by atoms with E-state index in [-0.39, 0.29) is 18.4 Å². The Bertz CT molecular complexity index is 644. The second-order valence-electron chi connectivity index (χ2n) is 5.59. The largest absolute Gasteiger partial charge is 0.354 e. The molecule has 0 aliphatic carbocycles. The number of rotatable bonds is 7. The van der Waals surface area contributed by atoms with Crippen LogP contribution in [0.4, 0.5) is 8.78 Å². The van der Waals surface area contributed by atoms with Gasteiger partial charge in [-0.15, -0.1) is 0 Å². The van der Waals surface area contributed by atoms with Crippen molar-refractivity contribution in [1.29, 1.82) is 0 Å². The Balaban J connectivity index is 1.83. The van der Waals surface area contributed by atoms with Crippen molar-refractivity contribution in [3.63, 3.8) is 0 Å². The van der Waals surface area contributed by atoms with Crippen LogP contribution in [0.25, 0.3) is 0 Å². The lowest BCUT2D eigenvalue weighted by molar-refractivity contribution is -0.121. The summed E-state index contributed by atoms with van der Waals surface area (Å²) >= 11 is 1.62. The van der Waals surface area contributed by atoms with E-state index in [0.29, 0.717) is 18.5 Å². The van der Waals surface area contributed by atoms with Crippen LogP contribution in [0.5, 0.6) is 0 Å². The number of carbonyl (C=O) groups excluding carboxylic acids is 1. The molecule has 1 N–H and O–H groups in total. The van der Waals surface area contributed by atoms with Gasteiger partial charge in [0.15, 0.2) is 11.6 Å². The van der Waals surface area contributed by atoms with E-state index in [2.05, 4.69) is 15.6 Å². The standard InChI is InChI=1S/C17H20F2N2OS/c1-21(2)16(13-7-8-23-11-13)10-20-17(22)6-4-12-3-5-14(18)15(19)9-12/h3,5,7-9,11,16H,4,6,10H2,1-2H3,(H,20,22)/t16-/m1/s1. The van der Waals surface area contributed by atoms with Gasteiger partial charge in [0, 0.05) is 13.0 Å². The van der Waals surface area contributed by atoms with Crippen LogP contribution in [-0.4, -0.2) is 31.4 Å². The molecular weight excluding hydrogens is 318 g/mol. The van der Waals surface area contributed by atoms with Crippen molar-refractivity contribution in [3.8, 4) is 0 Å². The van der Waals surface area contributed by atoms with E-state index in [1.807, 2.05) is 25.5 Å². The van der Waals surface area contributed by atoms with Gasteiger partial charge >= 0.3 is 0 Å².